The summed E-state index contributed by atoms with van der Waals surface area (Å²) in [6.45, 7) is 2.27. The topological polar surface area (TPSA) is 52.3 Å². The molecule has 0 aliphatic heterocycles. The Labute approximate surface area is 150 Å². The maximum absolute atomic E-state index is 11.1. The molecule has 24 heavy (non-hydrogen) atoms. The first-order chi connectivity index (χ1) is 11.7. The third-order valence-electron chi connectivity index (χ3n) is 4.53. The molecule has 0 spiro atoms. The Hall–Kier alpha value is -0.830. The molecule has 0 radical (unpaired) electrons. The van der Waals surface area contributed by atoms with Gasteiger partial charge >= 0.3 is 5.97 Å². The molecule has 0 amide bonds. The number of allylic oxidation sites excluding steroid dienone is 2. The van der Waals surface area contributed by atoms with Gasteiger partial charge in [0, 0.05) is 0 Å². The van der Waals surface area contributed by atoms with E-state index < -0.39 is 6.04 Å². The predicted octanol–water partition coefficient (Wildman–Crippen LogP) is 5.91. The van der Waals surface area contributed by atoms with E-state index in [1.165, 1.54) is 90.6 Å². The molecular weight excluding hydrogens is 298 g/mol. The lowest BCUT2D eigenvalue weighted by Crippen LogP contribution is -2.31. The van der Waals surface area contributed by atoms with Gasteiger partial charge in [0.15, 0.2) is 0 Å². The number of carbonyl (C=O) groups is 1. The number of esters is 1. The number of nitrogens with two attached hydrogens (primary N) is 1. The molecule has 0 saturated heterocycles. The van der Waals surface area contributed by atoms with Crippen LogP contribution in [0, 0.1) is 0 Å². The summed E-state index contributed by atoms with van der Waals surface area (Å²) in [4.78, 5) is 11.1. The van der Waals surface area contributed by atoms with E-state index in [9.17, 15) is 4.79 Å². The predicted molar refractivity (Wildman–Crippen MR) is 104 cm³/mol. The fourth-order valence-corrected chi connectivity index (χ4v) is 2.88. The van der Waals surface area contributed by atoms with Crippen LogP contribution in [0.3, 0.4) is 0 Å². The number of ether oxygens (including phenoxy) is 1. The third-order valence-corrected chi connectivity index (χ3v) is 4.53. The molecule has 0 aliphatic rings. The largest absolute Gasteiger partial charge is 0.468 e. The van der Waals surface area contributed by atoms with Crippen molar-refractivity contribution in [1.82, 2.24) is 0 Å². The molecule has 2 N–H and O–H groups in total. The molecule has 1 unspecified atom stereocenters. The van der Waals surface area contributed by atoms with E-state index in [0.717, 1.165) is 12.8 Å². The van der Waals surface area contributed by atoms with Gasteiger partial charge in [0.05, 0.1) is 7.11 Å². The molecule has 0 aromatic carbocycles. The molecule has 3 heteroatoms. The highest BCUT2D eigenvalue weighted by molar-refractivity contribution is 5.75. The Morgan fingerprint density at radius 2 is 1.29 bits per heavy atom. The van der Waals surface area contributed by atoms with E-state index in [1.807, 2.05) is 0 Å². The van der Waals surface area contributed by atoms with E-state index in [1.54, 1.807) is 0 Å². The van der Waals surface area contributed by atoms with E-state index in [0.29, 0.717) is 0 Å². The van der Waals surface area contributed by atoms with Crippen molar-refractivity contribution in [3.63, 3.8) is 0 Å². The molecular formula is C21H41NO2. The van der Waals surface area contributed by atoms with Gasteiger partial charge in [0.2, 0.25) is 0 Å². The SMILES string of the molecule is CCCCCCCC/C=C\CCCCCCCCC(N)C(=O)OC. The monoisotopic (exact) mass is 339 g/mol. The highest BCUT2D eigenvalue weighted by Gasteiger charge is 2.12. The Morgan fingerprint density at radius 3 is 1.79 bits per heavy atom. The quantitative estimate of drug-likeness (QED) is 0.203. The van der Waals surface area contributed by atoms with Gasteiger partial charge in [0.1, 0.15) is 6.04 Å². The summed E-state index contributed by atoms with van der Waals surface area (Å²) in [5.41, 5.74) is 5.71. The van der Waals surface area contributed by atoms with E-state index in [4.69, 9.17) is 5.73 Å². The van der Waals surface area contributed by atoms with Crippen LogP contribution in [0.25, 0.3) is 0 Å². The van der Waals surface area contributed by atoms with Crippen molar-refractivity contribution in [2.75, 3.05) is 7.11 Å². The van der Waals surface area contributed by atoms with Crippen LogP contribution in [0.15, 0.2) is 12.2 Å². The van der Waals surface area contributed by atoms with Crippen molar-refractivity contribution in [1.29, 1.82) is 0 Å². The molecule has 3 nitrogen and oxygen atoms in total. The highest BCUT2D eigenvalue weighted by Crippen LogP contribution is 2.11. The van der Waals surface area contributed by atoms with Gasteiger partial charge in [-0.15, -0.1) is 0 Å². The van der Waals surface area contributed by atoms with Crippen LogP contribution >= 0.6 is 0 Å². The zero-order chi connectivity index (χ0) is 17.9. The summed E-state index contributed by atoms with van der Waals surface area (Å²) >= 11 is 0. The minimum Gasteiger partial charge on any atom is -0.468 e. The van der Waals surface area contributed by atoms with Crippen LogP contribution in [0.2, 0.25) is 0 Å². The third kappa shape index (κ3) is 16.0. The Kier molecular flexibility index (Phi) is 17.9. The molecule has 0 aromatic rings. The molecule has 0 saturated carbocycles. The number of hydrogen-bond acceptors (Lipinski definition) is 3. The fraction of sp³-hybridized carbons (Fsp3) is 0.857. The first-order valence-corrected chi connectivity index (χ1v) is 10.2. The molecule has 1 atom stereocenters. The number of rotatable bonds is 17. The number of hydrogen-bond donors (Lipinski definition) is 1. The van der Waals surface area contributed by atoms with Crippen LogP contribution in [-0.2, 0) is 9.53 Å². The Bertz CT molecular complexity index is 302. The molecule has 0 rings (SSSR count). The standard InChI is InChI=1S/C21H41NO2/c1-3-4-5-6-7-8-9-10-11-12-13-14-15-16-17-18-19-20(22)21(23)24-2/h10-11,20H,3-9,12-19,22H2,1-2H3/b11-10-. The summed E-state index contributed by atoms with van der Waals surface area (Å²) in [5, 5.41) is 0. The lowest BCUT2D eigenvalue weighted by molar-refractivity contribution is -0.142. The molecule has 0 aromatic heterocycles. The summed E-state index contributed by atoms with van der Waals surface area (Å²) in [6, 6.07) is -0.438. The van der Waals surface area contributed by atoms with Crippen molar-refractivity contribution in [3.05, 3.63) is 12.2 Å². The maximum Gasteiger partial charge on any atom is 0.322 e. The smallest absolute Gasteiger partial charge is 0.322 e. The van der Waals surface area contributed by atoms with Crippen molar-refractivity contribution >= 4 is 5.97 Å². The second-order valence-corrected chi connectivity index (χ2v) is 6.86. The zero-order valence-corrected chi connectivity index (χ0v) is 16.2. The van der Waals surface area contributed by atoms with E-state index in [2.05, 4.69) is 23.8 Å². The summed E-state index contributed by atoms with van der Waals surface area (Å²) in [7, 11) is 1.39. The van der Waals surface area contributed by atoms with Crippen molar-refractivity contribution in [2.45, 2.75) is 109 Å². The molecule has 0 fully saturated rings. The van der Waals surface area contributed by atoms with Gasteiger partial charge < -0.3 is 10.5 Å². The van der Waals surface area contributed by atoms with Gasteiger partial charge in [-0.1, -0.05) is 83.3 Å². The zero-order valence-electron chi connectivity index (χ0n) is 16.2. The number of carbonyl (C=O) groups excluding carboxylic acids is 1. The van der Waals surface area contributed by atoms with Crippen molar-refractivity contribution < 1.29 is 9.53 Å². The number of methoxy groups -OCH3 is 1. The Morgan fingerprint density at radius 1 is 0.833 bits per heavy atom. The first kappa shape index (κ1) is 23.2. The van der Waals surface area contributed by atoms with Crippen LogP contribution in [0.4, 0.5) is 0 Å². The van der Waals surface area contributed by atoms with Crippen LogP contribution in [0.5, 0.6) is 0 Å². The average molecular weight is 340 g/mol. The number of unbranched alkanes of at least 4 members (excludes halogenated alkanes) is 12. The van der Waals surface area contributed by atoms with Gasteiger partial charge in [-0.3, -0.25) is 4.79 Å². The lowest BCUT2D eigenvalue weighted by atomic mass is 10.1. The van der Waals surface area contributed by atoms with E-state index in [-0.39, 0.29) is 5.97 Å². The van der Waals surface area contributed by atoms with Gasteiger partial charge in [-0.2, -0.15) is 0 Å². The second-order valence-electron chi connectivity index (χ2n) is 6.86. The fourth-order valence-electron chi connectivity index (χ4n) is 2.88. The average Bonchev–Trinajstić information content (AvgIpc) is 2.60. The minimum absolute atomic E-state index is 0.289. The molecule has 142 valence electrons. The first-order valence-electron chi connectivity index (χ1n) is 10.2. The lowest BCUT2D eigenvalue weighted by Gasteiger charge is -2.08. The summed E-state index contributed by atoms with van der Waals surface area (Å²) in [6.07, 6.45) is 23.6. The Balaban J connectivity index is 3.19. The van der Waals surface area contributed by atoms with Crippen molar-refractivity contribution in [3.8, 4) is 0 Å². The molecule has 0 aliphatic carbocycles. The van der Waals surface area contributed by atoms with Crippen LogP contribution in [0.1, 0.15) is 103 Å². The summed E-state index contributed by atoms with van der Waals surface area (Å²) in [5.74, 6) is -0.289. The van der Waals surface area contributed by atoms with Gasteiger partial charge in [-0.25, -0.2) is 0 Å². The molecule has 0 heterocycles. The van der Waals surface area contributed by atoms with Gasteiger partial charge in [0.25, 0.3) is 0 Å². The molecule has 0 bridgehead atoms. The normalized spacial score (nSPS) is 12.6. The maximum atomic E-state index is 11.1. The second kappa shape index (κ2) is 18.5. The van der Waals surface area contributed by atoms with E-state index >= 15 is 0 Å². The highest BCUT2D eigenvalue weighted by atomic mass is 16.5. The van der Waals surface area contributed by atoms with Gasteiger partial charge in [-0.05, 0) is 32.1 Å². The summed E-state index contributed by atoms with van der Waals surface area (Å²) < 4.78 is 4.62. The van der Waals surface area contributed by atoms with Crippen LogP contribution < -0.4 is 5.73 Å². The minimum atomic E-state index is -0.438. The van der Waals surface area contributed by atoms with Crippen LogP contribution in [-0.4, -0.2) is 19.1 Å². The van der Waals surface area contributed by atoms with Crippen molar-refractivity contribution in [2.24, 2.45) is 5.73 Å².